The fourth-order valence-electron chi connectivity index (χ4n) is 2.23. The molecule has 0 spiro atoms. The fourth-order valence-corrected chi connectivity index (χ4v) is 2.23. The van der Waals surface area contributed by atoms with Crippen LogP contribution >= 0.6 is 0 Å². The first-order valence-electron chi connectivity index (χ1n) is 5.31. The van der Waals surface area contributed by atoms with Crippen molar-refractivity contribution in [2.75, 3.05) is 6.61 Å². The SMILES string of the molecule is CC(C)(C)OCC12CCC(CC1)O2. The first-order valence-corrected chi connectivity index (χ1v) is 5.31. The van der Waals surface area contributed by atoms with Gasteiger partial charge < -0.3 is 9.47 Å². The van der Waals surface area contributed by atoms with E-state index in [1.54, 1.807) is 0 Å². The molecule has 0 atom stereocenters. The maximum Gasteiger partial charge on any atom is 0.0920 e. The molecule has 2 bridgehead atoms. The summed E-state index contributed by atoms with van der Waals surface area (Å²) in [6.45, 7) is 7.09. The van der Waals surface area contributed by atoms with Crippen LogP contribution in [0.25, 0.3) is 0 Å². The van der Waals surface area contributed by atoms with Gasteiger partial charge in [0.2, 0.25) is 0 Å². The molecule has 0 radical (unpaired) electrons. The summed E-state index contributed by atoms with van der Waals surface area (Å²) >= 11 is 0. The average Bonchev–Trinajstić information content (AvgIpc) is 2.59. The van der Waals surface area contributed by atoms with E-state index in [-0.39, 0.29) is 11.2 Å². The molecule has 0 N–H and O–H groups in total. The molecule has 2 fully saturated rings. The summed E-state index contributed by atoms with van der Waals surface area (Å²) in [5.41, 5.74) is 0.0662. The summed E-state index contributed by atoms with van der Waals surface area (Å²) in [5, 5.41) is 0. The van der Waals surface area contributed by atoms with Crippen molar-refractivity contribution in [2.24, 2.45) is 0 Å². The zero-order valence-electron chi connectivity index (χ0n) is 8.93. The fraction of sp³-hybridized carbons (Fsp3) is 1.00. The third-order valence-electron chi connectivity index (χ3n) is 3.03. The highest BCUT2D eigenvalue weighted by atomic mass is 16.6. The normalized spacial score (nSPS) is 38.5. The van der Waals surface area contributed by atoms with E-state index in [1.807, 2.05) is 0 Å². The van der Waals surface area contributed by atoms with Crippen molar-refractivity contribution in [3.63, 3.8) is 0 Å². The number of fused-ring (bicyclic) bond motifs is 2. The largest absolute Gasteiger partial charge is 0.373 e. The number of hydrogen-bond acceptors (Lipinski definition) is 2. The summed E-state index contributed by atoms with van der Waals surface area (Å²) in [4.78, 5) is 0. The van der Waals surface area contributed by atoms with Crippen LogP contribution in [0, 0.1) is 0 Å². The molecule has 0 aliphatic carbocycles. The molecule has 0 aromatic heterocycles. The summed E-state index contributed by atoms with van der Waals surface area (Å²) in [6, 6.07) is 0. The lowest BCUT2D eigenvalue weighted by molar-refractivity contribution is -0.100. The first-order chi connectivity index (χ1) is 5.99. The molecule has 0 amide bonds. The quantitative estimate of drug-likeness (QED) is 0.656. The zero-order chi connectivity index (χ0) is 9.53. The lowest BCUT2D eigenvalue weighted by atomic mass is 9.89. The molecule has 0 unspecified atom stereocenters. The highest BCUT2D eigenvalue weighted by Gasteiger charge is 2.46. The van der Waals surface area contributed by atoms with E-state index in [0.717, 1.165) is 6.61 Å². The molecule has 2 rings (SSSR count). The Kier molecular flexibility index (Phi) is 2.16. The molecular formula is C11H20O2. The van der Waals surface area contributed by atoms with E-state index in [1.165, 1.54) is 25.7 Å². The van der Waals surface area contributed by atoms with Gasteiger partial charge in [0, 0.05) is 0 Å². The van der Waals surface area contributed by atoms with Crippen molar-refractivity contribution >= 4 is 0 Å². The van der Waals surface area contributed by atoms with Gasteiger partial charge in [-0.15, -0.1) is 0 Å². The zero-order valence-corrected chi connectivity index (χ0v) is 8.93. The Balaban J connectivity index is 1.87. The minimum absolute atomic E-state index is 0.0290. The van der Waals surface area contributed by atoms with E-state index in [9.17, 15) is 0 Å². The van der Waals surface area contributed by atoms with E-state index >= 15 is 0 Å². The van der Waals surface area contributed by atoms with Crippen molar-refractivity contribution in [2.45, 2.75) is 63.8 Å². The molecule has 2 aliphatic heterocycles. The number of hydrogen-bond donors (Lipinski definition) is 0. The Hall–Kier alpha value is -0.0800. The Bertz CT molecular complexity index is 185. The van der Waals surface area contributed by atoms with Gasteiger partial charge in [0.25, 0.3) is 0 Å². The molecule has 2 heterocycles. The molecule has 76 valence electrons. The summed E-state index contributed by atoms with van der Waals surface area (Å²) in [6.07, 6.45) is 5.44. The van der Waals surface area contributed by atoms with Gasteiger partial charge in [-0.2, -0.15) is 0 Å². The molecule has 0 saturated carbocycles. The van der Waals surface area contributed by atoms with E-state index in [0.29, 0.717) is 6.10 Å². The van der Waals surface area contributed by atoms with Crippen LogP contribution in [0.4, 0.5) is 0 Å². The van der Waals surface area contributed by atoms with Gasteiger partial charge in [0.05, 0.1) is 23.9 Å². The van der Waals surface area contributed by atoms with Crippen molar-refractivity contribution in [1.82, 2.24) is 0 Å². The Morgan fingerprint density at radius 2 is 1.92 bits per heavy atom. The average molecular weight is 184 g/mol. The molecular weight excluding hydrogens is 164 g/mol. The third kappa shape index (κ3) is 2.05. The first kappa shape index (κ1) is 9.47. The van der Waals surface area contributed by atoms with Crippen LogP contribution in [0.2, 0.25) is 0 Å². The van der Waals surface area contributed by atoms with Crippen LogP contribution in [-0.4, -0.2) is 23.9 Å². The lowest BCUT2D eigenvalue weighted by Gasteiger charge is -2.29. The molecule has 2 saturated heterocycles. The van der Waals surface area contributed by atoms with Gasteiger partial charge in [-0.3, -0.25) is 0 Å². The van der Waals surface area contributed by atoms with Gasteiger partial charge in [0.1, 0.15) is 0 Å². The van der Waals surface area contributed by atoms with Gasteiger partial charge in [-0.25, -0.2) is 0 Å². The predicted octanol–water partition coefficient (Wildman–Crippen LogP) is 2.51. The maximum atomic E-state index is 5.93. The predicted molar refractivity (Wildman–Crippen MR) is 51.8 cm³/mol. The second-order valence-corrected chi connectivity index (χ2v) is 5.40. The topological polar surface area (TPSA) is 18.5 Å². The molecule has 2 heteroatoms. The van der Waals surface area contributed by atoms with Crippen molar-refractivity contribution in [1.29, 1.82) is 0 Å². The minimum Gasteiger partial charge on any atom is -0.373 e. The monoisotopic (exact) mass is 184 g/mol. The highest BCUT2D eigenvalue weighted by molar-refractivity contribution is 4.96. The standard InChI is InChI=1S/C11H20O2/c1-10(2,3)12-8-11-6-4-9(13-11)5-7-11/h9H,4-8H2,1-3H3. The molecule has 0 aromatic carbocycles. The Labute approximate surface area is 80.6 Å². The van der Waals surface area contributed by atoms with Crippen LogP contribution in [0.1, 0.15) is 46.5 Å². The van der Waals surface area contributed by atoms with Gasteiger partial charge >= 0.3 is 0 Å². The van der Waals surface area contributed by atoms with E-state index in [2.05, 4.69) is 20.8 Å². The Morgan fingerprint density at radius 3 is 2.31 bits per heavy atom. The number of rotatable bonds is 2. The molecule has 0 aromatic rings. The van der Waals surface area contributed by atoms with Crippen LogP contribution in [0.15, 0.2) is 0 Å². The summed E-state index contributed by atoms with van der Waals surface area (Å²) < 4.78 is 11.7. The van der Waals surface area contributed by atoms with Crippen molar-refractivity contribution < 1.29 is 9.47 Å². The molecule has 2 aliphatic rings. The van der Waals surface area contributed by atoms with Crippen molar-refractivity contribution in [3.8, 4) is 0 Å². The maximum absolute atomic E-state index is 5.93. The van der Waals surface area contributed by atoms with Crippen LogP contribution < -0.4 is 0 Å². The molecule has 13 heavy (non-hydrogen) atoms. The third-order valence-corrected chi connectivity index (χ3v) is 3.03. The van der Waals surface area contributed by atoms with Crippen LogP contribution in [-0.2, 0) is 9.47 Å². The minimum atomic E-state index is -0.0290. The lowest BCUT2D eigenvalue weighted by Crippen LogP contribution is -2.35. The van der Waals surface area contributed by atoms with E-state index in [4.69, 9.17) is 9.47 Å². The second-order valence-electron chi connectivity index (χ2n) is 5.40. The second kappa shape index (κ2) is 2.96. The molecule has 2 nitrogen and oxygen atoms in total. The number of ether oxygens (including phenoxy) is 2. The highest BCUT2D eigenvalue weighted by Crippen LogP contribution is 2.43. The van der Waals surface area contributed by atoms with Gasteiger partial charge in [0.15, 0.2) is 0 Å². The summed E-state index contributed by atoms with van der Waals surface area (Å²) in [7, 11) is 0. The Morgan fingerprint density at radius 1 is 1.31 bits per heavy atom. The van der Waals surface area contributed by atoms with Crippen molar-refractivity contribution in [3.05, 3.63) is 0 Å². The van der Waals surface area contributed by atoms with Crippen LogP contribution in [0.3, 0.4) is 0 Å². The van der Waals surface area contributed by atoms with Gasteiger partial charge in [-0.1, -0.05) is 0 Å². The summed E-state index contributed by atoms with van der Waals surface area (Å²) in [5.74, 6) is 0. The smallest absolute Gasteiger partial charge is 0.0920 e. The van der Waals surface area contributed by atoms with E-state index < -0.39 is 0 Å². The van der Waals surface area contributed by atoms with Gasteiger partial charge in [-0.05, 0) is 46.5 Å². The van der Waals surface area contributed by atoms with Crippen LogP contribution in [0.5, 0.6) is 0 Å².